The number of nitrogens with one attached hydrogen (secondary N) is 2. The van der Waals surface area contributed by atoms with Crippen LogP contribution in [-0.4, -0.2) is 26.7 Å². The van der Waals surface area contributed by atoms with Crippen molar-refractivity contribution in [3.63, 3.8) is 0 Å². The zero-order valence-corrected chi connectivity index (χ0v) is 14.2. The molecule has 1 unspecified atom stereocenters. The molecule has 0 saturated heterocycles. The summed E-state index contributed by atoms with van der Waals surface area (Å²) in [6.45, 7) is 0. The highest BCUT2D eigenvalue weighted by atomic mass is 19.4. The van der Waals surface area contributed by atoms with Crippen molar-refractivity contribution in [3.05, 3.63) is 47.9 Å². The van der Waals surface area contributed by atoms with Crippen molar-refractivity contribution in [2.45, 2.75) is 12.2 Å². The third kappa shape index (κ3) is 3.80. The van der Waals surface area contributed by atoms with Crippen LogP contribution in [0, 0.1) is 11.6 Å². The van der Waals surface area contributed by atoms with E-state index in [1.165, 1.54) is 7.05 Å². The van der Waals surface area contributed by atoms with Crippen LogP contribution in [-0.2, 0) is 7.05 Å². The predicted molar refractivity (Wildman–Crippen MR) is 90.2 cm³/mol. The Hall–Kier alpha value is -3.44. The van der Waals surface area contributed by atoms with E-state index in [4.69, 9.17) is 5.73 Å². The van der Waals surface area contributed by atoms with E-state index in [-0.39, 0.29) is 22.5 Å². The zero-order valence-electron chi connectivity index (χ0n) is 14.2. The maximum atomic E-state index is 13.9. The van der Waals surface area contributed by atoms with E-state index in [2.05, 4.69) is 15.3 Å². The standard InChI is InChI=1S/C16H13F5N6O/c1-27-11-3-7(17)2-10(18)9(11)4-12(27)13(16(19,20)21)26-15(28)25-8-5-23-14(22)24-6-8/h2-6,13H,1H3,(H2,22,23,24)(H2,25,26,28). The van der Waals surface area contributed by atoms with Crippen LogP contribution < -0.4 is 16.4 Å². The zero-order chi connectivity index (χ0) is 20.6. The second-order valence-electron chi connectivity index (χ2n) is 5.85. The van der Waals surface area contributed by atoms with Crippen molar-refractivity contribution >= 4 is 28.6 Å². The minimum atomic E-state index is -4.91. The van der Waals surface area contributed by atoms with E-state index in [1.807, 2.05) is 0 Å². The van der Waals surface area contributed by atoms with Crippen molar-refractivity contribution in [3.8, 4) is 0 Å². The maximum Gasteiger partial charge on any atom is 0.414 e. The number of nitrogens with zero attached hydrogens (tertiary/aromatic N) is 3. The normalized spacial score (nSPS) is 12.8. The van der Waals surface area contributed by atoms with Gasteiger partial charge < -0.3 is 20.9 Å². The highest BCUT2D eigenvalue weighted by molar-refractivity contribution is 5.89. The van der Waals surface area contributed by atoms with Gasteiger partial charge in [-0.3, -0.25) is 0 Å². The summed E-state index contributed by atoms with van der Waals surface area (Å²) in [5.74, 6) is -2.03. The number of rotatable bonds is 3. The molecule has 2 heterocycles. The number of anilines is 2. The van der Waals surface area contributed by atoms with Gasteiger partial charge in [-0.2, -0.15) is 13.2 Å². The first-order chi connectivity index (χ1) is 13.1. The fourth-order valence-electron chi connectivity index (χ4n) is 2.68. The fraction of sp³-hybridized carbons (Fsp3) is 0.188. The van der Waals surface area contributed by atoms with Gasteiger partial charge in [-0.15, -0.1) is 0 Å². The van der Waals surface area contributed by atoms with E-state index >= 15 is 0 Å². The van der Waals surface area contributed by atoms with Crippen LogP contribution in [0.25, 0.3) is 10.9 Å². The molecule has 0 saturated carbocycles. The van der Waals surface area contributed by atoms with Gasteiger partial charge in [-0.1, -0.05) is 0 Å². The molecule has 0 radical (unpaired) electrons. The number of hydrogen-bond donors (Lipinski definition) is 3. The van der Waals surface area contributed by atoms with Gasteiger partial charge in [0.25, 0.3) is 0 Å². The van der Waals surface area contributed by atoms with Crippen molar-refractivity contribution in [2.75, 3.05) is 11.1 Å². The topological polar surface area (TPSA) is 97.9 Å². The Kier molecular flexibility index (Phi) is 4.79. The van der Waals surface area contributed by atoms with E-state index in [0.29, 0.717) is 6.07 Å². The molecule has 0 aliphatic carbocycles. The first-order valence-corrected chi connectivity index (χ1v) is 7.72. The number of carbonyl (C=O) groups is 1. The van der Waals surface area contributed by atoms with Gasteiger partial charge in [-0.25, -0.2) is 23.5 Å². The lowest BCUT2D eigenvalue weighted by Gasteiger charge is -2.22. The molecule has 148 valence electrons. The third-order valence-corrected chi connectivity index (χ3v) is 3.94. The molecular weight excluding hydrogens is 387 g/mol. The molecule has 4 N–H and O–H groups in total. The van der Waals surface area contributed by atoms with Crippen molar-refractivity contribution in [1.82, 2.24) is 19.9 Å². The summed E-state index contributed by atoms with van der Waals surface area (Å²) in [6.07, 6.45) is -2.69. The van der Waals surface area contributed by atoms with Gasteiger partial charge in [0, 0.05) is 18.5 Å². The molecule has 12 heteroatoms. The third-order valence-electron chi connectivity index (χ3n) is 3.94. The summed E-state index contributed by atoms with van der Waals surface area (Å²) in [7, 11) is 1.21. The molecule has 7 nitrogen and oxygen atoms in total. The molecule has 0 aliphatic heterocycles. The first-order valence-electron chi connectivity index (χ1n) is 7.72. The predicted octanol–water partition coefficient (Wildman–Crippen LogP) is 3.25. The number of aryl methyl sites for hydroxylation is 1. The van der Waals surface area contributed by atoms with Crippen LogP contribution >= 0.6 is 0 Å². The molecule has 0 fully saturated rings. The smallest absolute Gasteiger partial charge is 0.368 e. The largest absolute Gasteiger partial charge is 0.414 e. The quantitative estimate of drug-likeness (QED) is 0.588. The van der Waals surface area contributed by atoms with E-state index in [1.54, 1.807) is 5.32 Å². The van der Waals surface area contributed by atoms with E-state index in [0.717, 1.165) is 29.1 Å². The molecule has 28 heavy (non-hydrogen) atoms. The molecular formula is C16H13F5N6O. The molecule has 2 aromatic heterocycles. The number of nitrogen functional groups attached to an aromatic ring is 1. The summed E-state index contributed by atoms with van der Waals surface area (Å²) in [4.78, 5) is 19.2. The molecule has 2 amide bonds. The second kappa shape index (κ2) is 6.94. The average Bonchev–Trinajstić information content (AvgIpc) is 2.91. The van der Waals surface area contributed by atoms with Crippen LogP contribution in [0.5, 0.6) is 0 Å². The van der Waals surface area contributed by atoms with Gasteiger partial charge in [0.2, 0.25) is 5.95 Å². The summed E-state index contributed by atoms with van der Waals surface area (Å²) in [5, 5.41) is 3.71. The van der Waals surface area contributed by atoms with Crippen molar-refractivity contribution < 1.29 is 26.7 Å². The van der Waals surface area contributed by atoms with Gasteiger partial charge in [0.15, 0.2) is 6.04 Å². The Morgan fingerprint density at radius 3 is 2.43 bits per heavy atom. The average molecular weight is 400 g/mol. The Balaban J connectivity index is 1.94. The number of alkyl halides is 3. The minimum absolute atomic E-state index is 0.0118. The lowest BCUT2D eigenvalue weighted by atomic mass is 10.2. The molecule has 0 spiro atoms. The minimum Gasteiger partial charge on any atom is -0.368 e. The van der Waals surface area contributed by atoms with Gasteiger partial charge in [0.1, 0.15) is 11.6 Å². The number of benzene rings is 1. The molecule has 0 bridgehead atoms. The summed E-state index contributed by atoms with van der Waals surface area (Å²) in [5.41, 5.74) is 4.74. The Labute approximate surface area is 154 Å². The van der Waals surface area contributed by atoms with Crippen molar-refractivity contribution in [1.29, 1.82) is 0 Å². The molecule has 1 atom stereocenters. The number of carbonyl (C=O) groups excluding carboxylic acids is 1. The van der Waals surface area contributed by atoms with Crippen LogP contribution in [0.3, 0.4) is 0 Å². The number of halogens is 5. The van der Waals surface area contributed by atoms with E-state index in [9.17, 15) is 26.7 Å². The monoisotopic (exact) mass is 400 g/mol. The first kappa shape index (κ1) is 19.3. The van der Waals surface area contributed by atoms with Gasteiger partial charge in [-0.05, 0) is 12.1 Å². The molecule has 3 aromatic rings. The number of hydrogen-bond acceptors (Lipinski definition) is 4. The fourth-order valence-corrected chi connectivity index (χ4v) is 2.68. The summed E-state index contributed by atoms with van der Waals surface area (Å²) >= 11 is 0. The lowest BCUT2D eigenvalue weighted by Crippen LogP contribution is -2.41. The SMILES string of the molecule is Cn1c(C(NC(=O)Nc2cnc(N)nc2)C(F)(F)F)cc2c(F)cc(F)cc21. The highest BCUT2D eigenvalue weighted by Gasteiger charge is 2.44. The molecule has 1 aromatic carbocycles. The molecule has 3 rings (SSSR count). The number of urea groups is 1. The number of fused-ring (bicyclic) bond motifs is 1. The molecule has 0 aliphatic rings. The van der Waals surface area contributed by atoms with Gasteiger partial charge in [0.05, 0.1) is 29.3 Å². The number of aromatic nitrogens is 3. The summed E-state index contributed by atoms with van der Waals surface area (Å²) < 4.78 is 69.1. The van der Waals surface area contributed by atoms with Crippen LogP contribution in [0.1, 0.15) is 11.7 Å². The Morgan fingerprint density at radius 1 is 1.18 bits per heavy atom. The van der Waals surface area contributed by atoms with Gasteiger partial charge >= 0.3 is 12.2 Å². The number of amides is 2. The highest BCUT2D eigenvalue weighted by Crippen LogP contribution is 2.36. The maximum absolute atomic E-state index is 13.9. The van der Waals surface area contributed by atoms with E-state index < -0.39 is 35.6 Å². The second-order valence-corrected chi connectivity index (χ2v) is 5.85. The Bertz CT molecular complexity index is 1030. The lowest BCUT2D eigenvalue weighted by molar-refractivity contribution is -0.155. The van der Waals surface area contributed by atoms with Crippen molar-refractivity contribution in [2.24, 2.45) is 7.05 Å². The number of nitrogens with two attached hydrogens (primary N) is 1. The summed E-state index contributed by atoms with van der Waals surface area (Å²) in [6, 6.07) is -1.30. The van der Waals surface area contributed by atoms with Crippen LogP contribution in [0.2, 0.25) is 0 Å². The van der Waals surface area contributed by atoms with Crippen LogP contribution in [0.4, 0.5) is 38.4 Å². The van der Waals surface area contributed by atoms with Crippen LogP contribution in [0.15, 0.2) is 30.6 Å². The Morgan fingerprint density at radius 2 is 1.82 bits per heavy atom.